The molecule has 15 heavy (non-hydrogen) atoms. The van der Waals surface area contributed by atoms with Crippen LogP contribution in [-0.4, -0.2) is 35.6 Å². The van der Waals surface area contributed by atoms with Gasteiger partial charge in [-0.1, -0.05) is 0 Å². The molecule has 1 aliphatic heterocycles. The van der Waals surface area contributed by atoms with Crippen molar-refractivity contribution < 1.29 is 24.2 Å². The van der Waals surface area contributed by atoms with Crippen LogP contribution >= 0.6 is 0 Å². The summed E-state index contributed by atoms with van der Waals surface area (Å²) in [6.07, 6.45) is -1.45. The third kappa shape index (κ3) is 3.39. The molecule has 1 aliphatic rings. The van der Waals surface area contributed by atoms with Crippen molar-refractivity contribution in [2.45, 2.75) is 32.6 Å². The lowest BCUT2D eigenvalue weighted by molar-refractivity contribution is -0.176. The summed E-state index contributed by atoms with van der Waals surface area (Å²) < 4.78 is 9.85. The minimum absolute atomic E-state index is 0.121. The first-order valence-electron chi connectivity index (χ1n) is 4.63. The SMILES string of the molecule is CC(C)(C)OC(=O)NC1OCC1C(=O)O. The van der Waals surface area contributed by atoms with Crippen LogP contribution in [0.4, 0.5) is 4.79 Å². The van der Waals surface area contributed by atoms with Crippen LogP contribution in [0.2, 0.25) is 0 Å². The highest BCUT2D eigenvalue weighted by Gasteiger charge is 2.39. The summed E-state index contributed by atoms with van der Waals surface area (Å²) >= 11 is 0. The van der Waals surface area contributed by atoms with E-state index in [1.54, 1.807) is 20.8 Å². The van der Waals surface area contributed by atoms with E-state index >= 15 is 0 Å². The molecular weight excluding hydrogens is 202 g/mol. The monoisotopic (exact) mass is 217 g/mol. The third-order valence-corrected chi connectivity index (χ3v) is 1.80. The number of aliphatic carboxylic acids is 1. The topological polar surface area (TPSA) is 84.9 Å². The zero-order valence-corrected chi connectivity index (χ0v) is 8.94. The summed E-state index contributed by atoms with van der Waals surface area (Å²) in [5.41, 5.74) is -0.605. The van der Waals surface area contributed by atoms with Gasteiger partial charge in [0, 0.05) is 0 Å². The van der Waals surface area contributed by atoms with Crippen molar-refractivity contribution in [1.82, 2.24) is 5.32 Å². The van der Waals surface area contributed by atoms with E-state index in [1.807, 2.05) is 0 Å². The van der Waals surface area contributed by atoms with Crippen LogP contribution in [0.15, 0.2) is 0 Å². The fourth-order valence-corrected chi connectivity index (χ4v) is 1.06. The highest BCUT2D eigenvalue weighted by atomic mass is 16.6. The predicted molar refractivity (Wildman–Crippen MR) is 50.2 cm³/mol. The van der Waals surface area contributed by atoms with Crippen molar-refractivity contribution in [2.24, 2.45) is 5.92 Å². The number of carbonyl (C=O) groups excluding carboxylic acids is 1. The van der Waals surface area contributed by atoms with E-state index in [4.69, 9.17) is 14.6 Å². The molecule has 6 nitrogen and oxygen atoms in total. The average molecular weight is 217 g/mol. The maximum absolute atomic E-state index is 11.2. The Balaban J connectivity index is 2.36. The Bertz CT molecular complexity index is 270. The Morgan fingerprint density at radius 2 is 2.07 bits per heavy atom. The molecule has 1 fully saturated rings. The molecule has 2 unspecified atom stereocenters. The van der Waals surface area contributed by atoms with Gasteiger partial charge in [-0.3, -0.25) is 10.1 Å². The molecule has 0 aromatic rings. The summed E-state index contributed by atoms with van der Waals surface area (Å²) in [6, 6.07) is 0. The normalized spacial score (nSPS) is 25.3. The molecule has 0 saturated carbocycles. The minimum atomic E-state index is -0.984. The van der Waals surface area contributed by atoms with Gasteiger partial charge in [-0.05, 0) is 20.8 Å². The lowest BCUT2D eigenvalue weighted by Gasteiger charge is -2.34. The highest BCUT2D eigenvalue weighted by molar-refractivity contribution is 5.74. The zero-order chi connectivity index (χ0) is 11.6. The Morgan fingerprint density at radius 1 is 1.47 bits per heavy atom. The summed E-state index contributed by atoms with van der Waals surface area (Å²) in [6.45, 7) is 5.30. The van der Waals surface area contributed by atoms with Crippen LogP contribution in [0.1, 0.15) is 20.8 Å². The minimum Gasteiger partial charge on any atom is -0.481 e. The van der Waals surface area contributed by atoms with Crippen molar-refractivity contribution in [3.05, 3.63) is 0 Å². The molecule has 0 aromatic heterocycles. The fraction of sp³-hybridized carbons (Fsp3) is 0.778. The highest BCUT2D eigenvalue weighted by Crippen LogP contribution is 2.18. The van der Waals surface area contributed by atoms with Crippen molar-refractivity contribution in [3.8, 4) is 0 Å². The molecule has 2 atom stereocenters. The van der Waals surface area contributed by atoms with Crippen molar-refractivity contribution in [3.63, 3.8) is 0 Å². The number of hydrogen-bond acceptors (Lipinski definition) is 4. The van der Waals surface area contributed by atoms with Gasteiger partial charge in [0.2, 0.25) is 0 Å². The summed E-state index contributed by atoms with van der Waals surface area (Å²) in [5.74, 6) is -1.67. The zero-order valence-electron chi connectivity index (χ0n) is 8.94. The fourth-order valence-electron chi connectivity index (χ4n) is 1.06. The van der Waals surface area contributed by atoms with Gasteiger partial charge in [0.1, 0.15) is 17.7 Å². The Hall–Kier alpha value is -1.30. The second-order valence-corrected chi connectivity index (χ2v) is 4.34. The second kappa shape index (κ2) is 4.06. The number of carboxylic acids is 1. The van der Waals surface area contributed by atoms with E-state index in [9.17, 15) is 9.59 Å². The van der Waals surface area contributed by atoms with Crippen molar-refractivity contribution >= 4 is 12.1 Å². The predicted octanol–water partition coefficient (Wildman–Crippen LogP) is 0.568. The van der Waals surface area contributed by atoms with Gasteiger partial charge in [0.15, 0.2) is 0 Å². The first kappa shape index (κ1) is 11.8. The number of amides is 1. The molecule has 1 amide bonds. The number of rotatable bonds is 2. The lowest BCUT2D eigenvalue weighted by atomic mass is 10.1. The van der Waals surface area contributed by atoms with E-state index in [-0.39, 0.29) is 6.61 Å². The Labute approximate surface area is 87.5 Å². The van der Waals surface area contributed by atoms with Gasteiger partial charge in [-0.25, -0.2) is 4.79 Å². The van der Waals surface area contributed by atoms with E-state index in [0.29, 0.717) is 0 Å². The van der Waals surface area contributed by atoms with Gasteiger partial charge >= 0.3 is 12.1 Å². The first-order valence-corrected chi connectivity index (χ1v) is 4.63. The van der Waals surface area contributed by atoms with Crippen molar-refractivity contribution in [1.29, 1.82) is 0 Å². The van der Waals surface area contributed by atoms with Gasteiger partial charge in [-0.2, -0.15) is 0 Å². The van der Waals surface area contributed by atoms with Crippen LogP contribution in [0, 0.1) is 5.92 Å². The van der Waals surface area contributed by atoms with Gasteiger partial charge < -0.3 is 14.6 Å². The number of carbonyl (C=O) groups is 2. The quantitative estimate of drug-likeness (QED) is 0.706. The van der Waals surface area contributed by atoms with Gasteiger partial charge in [0.05, 0.1) is 6.61 Å². The molecular formula is C9H15NO5. The number of alkyl carbamates (subject to hydrolysis) is 1. The number of nitrogens with one attached hydrogen (secondary N) is 1. The lowest BCUT2D eigenvalue weighted by Crippen LogP contribution is -2.55. The Kier molecular flexibility index (Phi) is 3.18. The van der Waals surface area contributed by atoms with Gasteiger partial charge in [0.25, 0.3) is 0 Å². The molecule has 0 radical (unpaired) electrons. The molecule has 0 aliphatic carbocycles. The number of hydrogen-bond donors (Lipinski definition) is 2. The molecule has 1 saturated heterocycles. The molecule has 6 heteroatoms. The Morgan fingerprint density at radius 3 is 2.40 bits per heavy atom. The van der Waals surface area contributed by atoms with E-state index in [2.05, 4.69) is 5.32 Å². The van der Waals surface area contributed by atoms with Crippen LogP contribution in [-0.2, 0) is 14.3 Å². The smallest absolute Gasteiger partial charge is 0.409 e. The maximum Gasteiger partial charge on any atom is 0.409 e. The number of ether oxygens (including phenoxy) is 2. The van der Waals surface area contributed by atoms with E-state index in [1.165, 1.54) is 0 Å². The summed E-state index contributed by atoms with van der Waals surface area (Å²) in [5, 5.41) is 11.0. The molecule has 0 spiro atoms. The molecule has 0 bridgehead atoms. The summed E-state index contributed by atoms with van der Waals surface area (Å²) in [7, 11) is 0. The summed E-state index contributed by atoms with van der Waals surface area (Å²) in [4.78, 5) is 21.8. The molecule has 1 rings (SSSR count). The van der Waals surface area contributed by atoms with Crippen LogP contribution < -0.4 is 5.32 Å². The second-order valence-electron chi connectivity index (χ2n) is 4.34. The van der Waals surface area contributed by atoms with Gasteiger partial charge in [-0.15, -0.1) is 0 Å². The number of carboxylic acid groups (broad SMARTS) is 1. The molecule has 0 aromatic carbocycles. The average Bonchev–Trinajstić information content (AvgIpc) is 1.93. The molecule has 86 valence electrons. The van der Waals surface area contributed by atoms with E-state index < -0.39 is 29.8 Å². The largest absolute Gasteiger partial charge is 0.481 e. The van der Waals surface area contributed by atoms with Crippen molar-refractivity contribution in [2.75, 3.05) is 6.61 Å². The maximum atomic E-state index is 11.2. The van der Waals surface area contributed by atoms with Crippen LogP contribution in [0.5, 0.6) is 0 Å². The van der Waals surface area contributed by atoms with E-state index in [0.717, 1.165) is 0 Å². The third-order valence-electron chi connectivity index (χ3n) is 1.80. The first-order chi connectivity index (χ1) is 6.79. The standard InChI is InChI=1S/C9H15NO5/c1-9(2,3)15-8(13)10-6-5(4-14-6)7(11)12/h5-6H,4H2,1-3H3,(H,10,13)(H,11,12). The molecule has 2 N–H and O–H groups in total. The van der Waals surface area contributed by atoms with Crippen LogP contribution in [0.3, 0.4) is 0 Å². The molecule has 1 heterocycles. The van der Waals surface area contributed by atoms with Crippen LogP contribution in [0.25, 0.3) is 0 Å².